The number of halogens is 3. The third kappa shape index (κ3) is 4.71. The molecule has 2 amide bonds. The number of rotatable bonds is 3. The second-order valence-electron chi connectivity index (χ2n) is 7.11. The van der Waals surface area contributed by atoms with E-state index in [9.17, 15) is 22.8 Å². The van der Waals surface area contributed by atoms with E-state index in [1.807, 2.05) is 0 Å². The monoisotopic (exact) mass is 390 g/mol. The van der Waals surface area contributed by atoms with Crippen molar-refractivity contribution in [2.45, 2.75) is 25.9 Å². The predicted octanol–water partition coefficient (Wildman–Crippen LogP) is 4.83. The van der Waals surface area contributed by atoms with Crippen LogP contribution in [0.3, 0.4) is 0 Å². The first-order valence-corrected chi connectivity index (χ1v) is 9.12. The van der Waals surface area contributed by atoms with Gasteiger partial charge in [0.1, 0.15) is 0 Å². The van der Waals surface area contributed by atoms with Crippen molar-refractivity contribution in [2.75, 3.05) is 18.4 Å². The lowest BCUT2D eigenvalue weighted by Crippen LogP contribution is -2.39. The maximum absolute atomic E-state index is 12.7. The molecule has 3 rings (SSSR count). The smallest absolute Gasteiger partial charge is 0.338 e. The molecule has 1 aliphatic heterocycles. The molecule has 1 aliphatic rings. The van der Waals surface area contributed by atoms with E-state index in [4.69, 9.17) is 0 Å². The van der Waals surface area contributed by atoms with Gasteiger partial charge in [0.25, 0.3) is 11.8 Å². The van der Waals surface area contributed by atoms with Gasteiger partial charge >= 0.3 is 6.18 Å². The number of piperidine rings is 1. The van der Waals surface area contributed by atoms with Gasteiger partial charge < -0.3 is 10.2 Å². The summed E-state index contributed by atoms with van der Waals surface area (Å²) in [5, 5.41) is 2.56. The Morgan fingerprint density at radius 3 is 2.39 bits per heavy atom. The number of hydrogen-bond donors (Lipinski definition) is 1. The highest BCUT2D eigenvalue weighted by Gasteiger charge is 2.30. The molecule has 4 nitrogen and oxygen atoms in total. The lowest BCUT2D eigenvalue weighted by molar-refractivity contribution is -0.137. The molecular weight excluding hydrogens is 369 g/mol. The van der Waals surface area contributed by atoms with Crippen molar-refractivity contribution in [3.05, 3.63) is 65.2 Å². The number of benzene rings is 2. The van der Waals surface area contributed by atoms with Crippen molar-refractivity contribution >= 4 is 17.5 Å². The zero-order valence-corrected chi connectivity index (χ0v) is 15.4. The Bertz CT molecular complexity index is 863. The molecule has 1 fully saturated rings. The minimum absolute atomic E-state index is 0.115. The van der Waals surface area contributed by atoms with E-state index in [2.05, 4.69) is 12.2 Å². The zero-order chi connectivity index (χ0) is 20.3. The number of amides is 2. The second kappa shape index (κ2) is 8.04. The number of alkyl halides is 3. The van der Waals surface area contributed by atoms with Gasteiger partial charge in [-0.15, -0.1) is 0 Å². The van der Waals surface area contributed by atoms with Gasteiger partial charge in [0.15, 0.2) is 0 Å². The zero-order valence-electron chi connectivity index (χ0n) is 15.4. The number of carbonyl (C=O) groups excluding carboxylic acids is 2. The SMILES string of the molecule is CC1CCCN(C(=O)c2cccc(C(=O)Nc3ccc(C(F)(F)F)cc3)c2)C1. The summed E-state index contributed by atoms with van der Waals surface area (Å²) in [5.41, 5.74) is 0.165. The Labute approximate surface area is 161 Å². The van der Waals surface area contributed by atoms with Crippen LogP contribution in [0.1, 0.15) is 46.0 Å². The van der Waals surface area contributed by atoms with Crippen molar-refractivity contribution in [1.29, 1.82) is 0 Å². The van der Waals surface area contributed by atoms with E-state index in [0.29, 0.717) is 24.6 Å². The van der Waals surface area contributed by atoms with Crippen molar-refractivity contribution in [1.82, 2.24) is 4.90 Å². The highest BCUT2D eigenvalue weighted by atomic mass is 19.4. The van der Waals surface area contributed by atoms with E-state index in [1.165, 1.54) is 18.2 Å². The highest BCUT2D eigenvalue weighted by Crippen LogP contribution is 2.30. The lowest BCUT2D eigenvalue weighted by atomic mass is 9.99. The van der Waals surface area contributed by atoms with Crippen LogP contribution < -0.4 is 5.32 Å². The number of likely N-dealkylation sites (tertiary alicyclic amines) is 1. The minimum Gasteiger partial charge on any atom is -0.338 e. The number of carbonyl (C=O) groups is 2. The number of nitrogens with zero attached hydrogens (tertiary/aromatic N) is 1. The molecule has 0 aromatic heterocycles. The number of nitrogens with one attached hydrogen (secondary N) is 1. The summed E-state index contributed by atoms with van der Waals surface area (Å²) in [6.07, 6.45) is -2.37. The predicted molar refractivity (Wildman–Crippen MR) is 100 cm³/mol. The van der Waals surface area contributed by atoms with E-state index < -0.39 is 17.6 Å². The first-order chi connectivity index (χ1) is 13.2. The summed E-state index contributed by atoms with van der Waals surface area (Å²) in [4.78, 5) is 26.9. The Kier molecular flexibility index (Phi) is 5.72. The standard InChI is InChI=1S/C21H21F3N2O2/c1-14-4-3-11-26(13-14)20(28)16-6-2-5-15(12-16)19(27)25-18-9-7-17(8-10-18)21(22,23)24/h2,5-10,12,14H,3-4,11,13H2,1H3,(H,25,27). The fraction of sp³-hybridized carbons (Fsp3) is 0.333. The topological polar surface area (TPSA) is 49.4 Å². The van der Waals surface area contributed by atoms with Crippen LogP contribution in [-0.4, -0.2) is 29.8 Å². The molecule has 0 radical (unpaired) electrons. The van der Waals surface area contributed by atoms with Crippen LogP contribution in [0.2, 0.25) is 0 Å². The van der Waals surface area contributed by atoms with E-state index in [1.54, 1.807) is 23.1 Å². The summed E-state index contributed by atoms with van der Waals surface area (Å²) in [5.74, 6) is -0.152. The minimum atomic E-state index is -4.43. The average Bonchev–Trinajstić information content (AvgIpc) is 2.67. The molecule has 7 heteroatoms. The van der Waals surface area contributed by atoms with Gasteiger partial charge in [-0.3, -0.25) is 9.59 Å². The van der Waals surface area contributed by atoms with Crippen molar-refractivity contribution in [3.63, 3.8) is 0 Å². The number of hydrogen-bond acceptors (Lipinski definition) is 2. The quantitative estimate of drug-likeness (QED) is 0.816. The van der Waals surface area contributed by atoms with Gasteiger partial charge in [-0.1, -0.05) is 13.0 Å². The summed E-state index contributed by atoms with van der Waals surface area (Å²) >= 11 is 0. The van der Waals surface area contributed by atoms with Crippen molar-refractivity contribution in [3.8, 4) is 0 Å². The third-order valence-electron chi connectivity index (χ3n) is 4.79. The molecule has 0 bridgehead atoms. The maximum atomic E-state index is 12.7. The van der Waals surface area contributed by atoms with Crippen LogP contribution in [0, 0.1) is 5.92 Å². The molecule has 1 unspecified atom stereocenters. The van der Waals surface area contributed by atoms with Gasteiger partial charge in [-0.05, 0) is 61.2 Å². The molecule has 0 saturated carbocycles. The molecule has 1 atom stereocenters. The number of anilines is 1. The molecular formula is C21H21F3N2O2. The van der Waals surface area contributed by atoms with Crippen LogP contribution in [0.4, 0.5) is 18.9 Å². The lowest BCUT2D eigenvalue weighted by Gasteiger charge is -2.31. The van der Waals surface area contributed by atoms with E-state index in [-0.39, 0.29) is 17.2 Å². The van der Waals surface area contributed by atoms with Crippen LogP contribution in [-0.2, 0) is 6.18 Å². The molecule has 0 spiro atoms. The Balaban J connectivity index is 1.71. The van der Waals surface area contributed by atoms with Crippen LogP contribution in [0.25, 0.3) is 0 Å². The third-order valence-corrected chi connectivity index (χ3v) is 4.79. The van der Waals surface area contributed by atoms with Gasteiger partial charge in [0.2, 0.25) is 0 Å². The first kappa shape index (κ1) is 19.9. The van der Waals surface area contributed by atoms with Crippen molar-refractivity contribution < 1.29 is 22.8 Å². The van der Waals surface area contributed by atoms with Gasteiger partial charge in [0, 0.05) is 29.9 Å². The van der Waals surface area contributed by atoms with E-state index >= 15 is 0 Å². The fourth-order valence-electron chi connectivity index (χ4n) is 3.30. The molecule has 2 aromatic carbocycles. The van der Waals surface area contributed by atoms with Gasteiger partial charge in [-0.2, -0.15) is 13.2 Å². The summed E-state index contributed by atoms with van der Waals surface area (Å²) in [6.45, 7) is 3.50. The second-order valence-corrected chi connectivity index (χ2v) is 7.11. The highest BCUT2D eigenvalue weighted by molar-refractivity contribution is 6.06. The molecule has 1 N–H and O–H groups in total. The Hall–Kier alpha value is -2.83. The van der Waals surface area contributed by atoms with E-state index in [0.717, 1.165) is 25.0 Å². The maximum Gasteiger partial charge on any atom is 0.416 e. The molecule has 148 valence electrons. The molecule has 0 aliphatic carbocycles. The van der Waals surface area contributed by atoms with Gasteiger partial charge in [0.05, 0.1) is 5.56 Å². The van der Waals surface area contributed by atoms with Crippen molar-refractivity contribution in [2.24, 2.45) is 5.92 Å². The Morgan fingerprint density at radius 1 is 1.07 bits per heavy atom. The van der Waals surface area contributed by atoms with Crippen LogP contribution in [0.5, 0.6) is 0 Å². The largest absolute Gasteiger partial charge is 0.416 e. The first-order valence-electron chi connectivity index (χ1n) is 9.12. The summed E-state index contributed by atoms with van der Waals surface area (Å²) < 4.78 is 37.9. The summed E-state index contributed by atoms with van der Waals surface area (Å²) in [6, 6.07) is 10.6. The van der Waals surface area contributed by atoms with Gasteiger partial charge in [-0.25, -0.2) is 0 Å². The average molecular weight is 390 g/mol. The van der Waals surface area contributed by atoms with Crippen LogP contribution >= 0.6 is 0 Å². The molecule has 1 heterocycles. The molecule has 1 saturated heterocycles. The molecule has 2 aromatic rings. The Morgan fingerprint density at radius 2 is 1.75 bits per heavy atom. The molecule has 28 heavy (non-hydrogen) atoms. The summed E-state index contributed by atoms with van der Waals surface area (Å²) in [7, 11) is 0. The fourth-order valence-corrected chi connectivity index (χ4v) is 3.30. The normalized spacial score (nSPS) is 17.3. The van der Waals surface area contributed by atoms with Crippen LogP contribution in [0.15, 0.2) is 48.5 Å².